The highest BCUT2D eigenvalue weighted by Crippen LogP contribution is 2.68. The summed E-state index contributed by atoms with van der Waals surface area (Å²) in [5, 5.41) is 9.24. The molecule has 4 heteroatoms. The van der Waals surface area contributed by atoms with Crippen LogP contribution in [0.15, 0.2) is 0 Å². The van der Waals surface area contributed by atoms with Crippen LogP contribution in [0.25, 0.3) is 0 Å². The highest BCUT2D eigenvalue weighted by atomic mass is 19.3. The Bertz CT molecular complexity index is 302. The number of halogens is 2. The number of hydrogen-bond donors (Lipinski definition) is 1. The number of fused-ring (bicyclic) bond motifs is 2. The Morgan fingerprint density at radius 2 is 2.07 bits per heavy atom. The van der Waals surface area contributed by atoms with Gasteiger partial charge in [-0.05, 0) is 0 Å². The van der Waals surface area contributed by atoms with Crippen molar-refractivity contribution in [2.45, 2.75) is 32.6 Å². The van der Waals surface area contributed by atoms with Gasteiger partial charge in [0.15, 0.2) is 0 Å². The van der Waals surface area contributed by atoms with Gasteiger partial charge >= 0.3 is 0 Å². The molecule has 14 heavy (non-hydrogen) atoms. The number of aliphatic hydroxyl groups excluding tert-OH is 1. The van der Waals surface area contributed by atoms with Crippen LogP contribution in [0.2, 0.25) is 0 Å². The zero-order valence-corrected chi connectivity index (χ0v) is 8.31. The molecule has 0 amide bonds. The summed E-state index contributed by atoms with van der Waals surface area (Å²) in [6, 6.07) is 0. The molecule has 0 heterocycles. The van der Waals surface area contributed by atoms with Crippen LogP contribution in [0, 0.1) is 16.7 Å². The van der Waals surface area contributed by atoms with Crippen molar-refractivity contribution in [2.75, 3.05) is 6.61 Å². The zero-order valence-electron chi connectivity index (χ0n) is 8.31. The topological polar surface area (TPSA) is 37.3 Å². The smallest absolute Gasteiger partial charge is 0.252 e. The first-order valence-electron chi connectivity index (χ1n) is 4.80. The fraction of sp³-hybridized carbons (Fsp3) is 0.900. The van der Waals surface area contributed by atoms with Gasteiger partial charge in [0.05, 0.1) is 0 Å². The predicted molar refractivity (Wildman–Crippen MR) is 46.0 cm³/mol. The largest absolute Gasteiger partial charge is 0.396 e. The Kier molecular flexibility index (Phi) is 1.68. The van der Waals surface area contributed by atoms with Gasteiger partial charge in [0, 0.05) is 36.2 Å². The average Bonchev–Trinajstić information content (AvgIpc) is 2.34. The third-order valence-corrected chi connectivity index (χ3v) is 4.46. The first-order chi connectivity index (χ1) is 6.28. The van der Waals surface area contributed by atoms with Gasteiger partial charge in [-0.25, -0.2) is 8.78 Å². The fourth-order valence-electron chi connectivity index (χ4n) is 3.13. The van der Waals surface area contributed by atoms with Crippen LogP contribution in [0.4, 0.5) is 8.78 Å². The van der Waals surface area contributed by atoms with E-state index in [0.29, 0.717) is 0 Å². The molecule has 3 atom stereocenters. The minimum atomic E-state index is -2.79. The van der Waals surface area contributed by atoms with E-state index in [9.17, 15) is 18.7 Å². The minimum absolute atomic E-state index is 0.0828. The lowest BCUT2D eigenvalue weighted by molar-refractivity contribution is -0.135. The zero-order chi connectivity index (χ0) is 10.8. The average molecular weight is 204 g/mol. The molecule has 0 aromatic heterocycles. The molecule has 2 nitrogen and oxygen atoms in total. The van der Waals surface area contributed by atoms with Crippen molar-refractivity contribution in [1.82, 2.24) is 0 Å². The molecule has 2 aliphatic rings. The minimum Gasteiger partial charge on any atom is -0.396 e. The van der Waals surface area contributed by atoms with Crippen molar-refractivity contribution >= 4 is 5.78 Å². The Morgan fingerprint density at radius 1 is 1.50 bits per heavy atom. The molecule has 2 saturated carbocycles. The second-order valence-corrected chi connectivity index (χ2v) is 5.03. The molecular weight excluding hydrogens is 190 g/mol. The Labute approximate surface area is 81.3 Å². The second kappa shape index (κ2) is 2.35. The van der Waals surface area contributed by atoms with E-state index < -0.39 is 29.1 Å². The number of ketones is 1. The van der Waals surface area contributed by atoms with Crippen LogP contribution in [0.3, 0.4) is 0 Å². The van der Waals surface area contributed by atoms with Crippen molar-refractivity contribution in [3.8, 4) is 0 Å². The maximum Gasteiger partial charge on any atom is 0.252 e. The van der Waals surface area contributed by atoms with Crippen molar-refractivity contribution in [3.63, 3.8) is 0 Å². The molecule has 0 spiro atoms. The van der Waals surface area contributed by atoms with Crippen LogP contribution in [-0.4, -0.2) is 23.4 Å². The Balaban J connectivity index is 2.52. The fourth-order valence-corrected chi connectivity index (χ4v) is 3.13. The van der Waals surface area contributed by atoms with E-state index in [2.05, 4.69) is 0 Å². The lowest BCUT2D eigenvalue weighted by atomic mass is 9.69. The third kappa shape index (κ3) is 0.811. The maximum atomic E-state index is 13.5. The van der Waals surface area contributed by atoms with Gasteiger partial charge in [-0.2, -0.15) is 0 Å². The quantitative estimate of drug-likeness (QED) is 0.704. The van der Waals surface area contributed by atoms with Gasteiger partial charge < -0.3 is 5.11 Å². The van der Waals surface area contributed by atoms with Crippen LogP contribution >= 0.6 is 0 Å². The number of alkyl halides is 2. The van der Waals surface area contributed by atoms with Crippen LogP contribution < -0.4 is 0 Å². The van der Waals surface area contributed by atoms with E-state index in [1.165, 1.54) is 0 Å². The Morgan fingerprint density at radius 3 is 2.36 bits per heavy atom. The van der Waals surface area contributed by atoms with E-state index in [0.717, 1.165) is 0 Å². The Hall–Kier alpha value is -0.510. The summed E-state index contributed by atoms with van der Waals surface area (Å²) in [4.78, 5) is 11.6. The summed E-state index contributed by atoms with van der Waals surface area (Å²) in [5.74, 6) is -3.89. The molecule has 0 radical (unpaired) electrons. The summed E-state index contributed by atoms with van der Waals surface area (Å²) in [6.45, 7) is 2.82. The number of Topliss-reactive ketones (excluding diaryl/α,β-unsaturated/α-hetero) is 1. The monoisotopic (exact) mass is 204 g/mol. The number of carbonyl (C=O) groups excluding carboxylic acids is 1. The summed E-state index contributed by atoms with van der Waals surface area (Å²) in [7, 11) is 0. The molecule has 0 saturated heterocycles. The first-order valence-corrected chi connectivity index (χ1v) is 4.80. The third-order valence-electron chi connectivity index (χ3n) is 4.46. The van der Waals surface area contributed by atoms with E-state index in [1.807, 2.05) is 0 Å². The van der Waals surface area contributed by atoms with E-state index in [4.69, 9.17) is 0 Å². The molecule has 3 unspecified atom stereocenters. The SMILES string of the molecule is CC12CC(F)(F)C(CC1=O)C2(C)CO. The predicted octanol–water partition coefficient (Wildman–Crippen LogP) is 1.62. The number of rotatable bonds is 1. The van der Waals surface area contributed by atoms with Crippen molar-refractivity contribution in [2.24, 2.45) is 16.7 Å². The molecule has 2 fully saturated rings. The van der Waals surface area contributed by atoms with Crippen LogP contribution in [0.1, 0.15) is 26.7 Å². The van der Waals surface area contributed by atoms with Gasteiger partial charge in [0.1, 0.15) is 5.78 Å². The van der Waals surface area contributed by atoms with Gasteiger partial charge in [-0.1, -0.05) is 13.8 Å². The van der Waals surface area contributed by atoms with Gasteiger partial charge in [0.2, 0.25) is 0 Å². The highest BCUT2D eigenvalue weighted by molar-refractivity contribution is 5.90. The normalized spacial score (nSPS) is 50.1. The van der Waals surface area contributed by atoms with E-state index >= 15 is 0 Å². The van der Waals surface area contributed by atoms with Crippen molar-refractivity contribution in [1.29, 1.82) is 0 Å². The molecule has 0 aliphatic heterocycles. The lowest BCUT2D eigenvalue weighted by Gasteiger charge is -2.33. The van der Waals surface area contributed by atoms with Crippen molar-refractivity contribution in [3.05, 3.63) is 0 Å². The number of hydrogen-bond acceptors (Lipinski definition) is 2. The molecule has 2 rings (SSSR count). The summed E-state index contributed by atoms with van der Waals surface area (Å²) in [5.41, 5.74) is -1.97. The highest BCUT2D eigenvalue weighted by Gasteiger charge is 2.74. The van der Waals surface area contributed by atoms with Gasteiger partial charge in [0.25, 0.3) is 5.92 Å². The molecule has 0 aromatic carbocycles. The molecule has 2 bridgehead atoms. The van der Waals surface area contributed by atoms with Gasteiger partial charge in [-0.15, -0.1) is 0 Å². The standard InChI is InChI=1S/C10H14F2O2/c1-8-4-10(11,12)6(3-7(8)14)9(8,2)5-13/h6,13H,3-5H2,1-2H3. The molecule has 1 N–H and O–H groups in total. The van der Waals surface area contributed by atoms with Gasteiger partial charge in [-0.3, -0.25) is 4.79 Å². The molecule has 2 aliphatic carbocycles. The molecular formula is C10H14F2O2. The maximum absolute atomic E-state index is 13.5. The van der Waals surface area contributed by atoms with E-state index in [-0.39, 0.29) is 18.8 Å². The van der Waals surface area contributed by atoms with E-state index in [1.54, 1.807) is 13.8 Å². The summed E-state index contributed by atoms with van der Waals surface area (Å²) >= 11 is 0. The molecule has 80 valence electrons. The summed E-state index contributed by atoms with van der Waals surface area (Å²) in [6.07, 6.45) is -0.485. The lowest BCUT2D eigenvalue weighted by Crippen LogP contribution is -2.37. The number of aliphatic hydroxyl groups is 1. The first kappa shape index (κ1) is 10.0. The molecule has 0 aromatic rings. The summed E-state index contributed by atoms with van der Waals surface area (Å²) < 4.78 is 27.0. The van der Waals surface area contributed by atoms with Crippen LogP contribution in [0.5, 0.6) is 0 Å². The second-order valence-electron chi connectivity index (χ2n) is 5.03. The number of carbonyl (C=O) groups is 1. The van der Waals surface area contributed by atoms with Crippen LogP contribution in [-0.2, 0) is 4.79 Å². The van der Waals surface area contributed by atoms with Crippen molar-refractivity contribution < 1.29 is 18.7 Å².